The molecule has 1 N–H and O–H groups in total. The number of hydrogen-bond donors (Lipinski definition) is 1. The van der Waals surface area contributed by atoms with Crippen LogP contribution in [0.5, 0.6) is 0 Å². The normalized spacial score (nSPS) is 38.5. The third kappa shape index (κ3) is 8.88. The highest BCUT2D eigenvalue weighted by atomic mass is 16.6. The first kappa shape index (κ1) is 29.2. The van der Waals surface area contributed by atoms with Crippen LogP contribution in [0.4, 0.5) is 0 Å². The number of methoxy groups -OCH3 is 1. The van der Waals surface area contributed by atoms with Crippen molar-refractivity contribution in [2.45, 2.75) is 120 Å². The summed E-state index contributed by atoms with van der Waals surface area (Å²) in [6.07, 6.45) is 14.7. The monoisotopic (exact) mass is 530 g/mol. The molecule has 0 aliphatic carbocycles. The molecule has 0 spiro atoms. The van der Waals surface area contributed by atoms with Gasteiger partial charge in [0.05, 0.1) is 37.1 Å². The SMILES string of the molecule is C=C1CC(C)C[C@@H]2CC=C[C@@H](CCCC(=O)OC(C(/C=C/[C@@H]3CC(C)=CCO3)OC)C[C@@H]3O[C@H]3[C@@H](O)C1)O2. The van der Waals surface area contributed by atoms with E-state index < -0.39 is 18.3 Å². The molecule has 2 fully saturated rings. The highest BCUT2D eigenvalue weighted by Crippen LogP contribution is 2.35. The van der Waals surface area contributed by atoms with E-state index in [1.54, 1.807) is 7.11 Å². The second kappa shape index (κ2) is 14.0. The molecule has 4 aliphatic heterocycles. The van der Waals surface area contributed by atoms with E-state index in [2.05, 4.69) is 38.7 Å². The number of fused-ring (bicyclic) bond motifs is 3. The predicted molar refractivity (Wildman–Crippen MR) is 146 cm³/mol. The van der Waals surface area contributed by atoms with Crippen LogP contribution < -0.4 is 0 Å². The lowest BCUT2D eigenvalue weighted by atomic mass is 9.90. The number of ether oxygens (including phenoxy) is 5. The average Bonchev–Trinajstić information content (AvgIpc) is 3.63. The summed E-state index contributed by atoms with van der Waals surface area (Å²) in [6.45, 7) is 9.15. The number of esters is 1. The van der Waals surface area contributed by atoms with Crippen LogP contribution in [0.1, 0.15) is 71.6 Å². The number of epoxide rings is 1. The number of carbonyl (C=O) groups is 1. The largest absolute Gasteiger partial charge is 0.459 e. The maximum Gasteiger partial charge on any atom is 0.306 e. The molecule has 0 aromatic heterocycles. The Morgan fingerprint density at radius 3 is 2.84 bits per heavy atom. The van der Waals surface area contributed by atoms with Crippen LogP contribution in [0.25, 0.3) is 0 Å². The molecule has 212 valence electrons. The van der Waals surface area contributed by atoms with Crippen LogP contribution in [-0.4, -0.2) is 73.6 Å². The maximum atomic E-state index is 12.9. The van der Waals surface area contributed by atoms with Crippen molar-refractivity contribution in [1.82, 2.24) is 0 Å². The molecule has 0 aromatic rings. The number of aliphatic hydroxyl groups excluding tert-OH is 1. The maximum absolute atomic E-state index is 12.9. The molecule has 0 aromatic carbocycles. The van der Waals surface area contributed by atoms with Gasteiger partial charge in [-0.25, -0.2) is 0 Å². The van der Waals surface area contributed by atoms with Crippen molar-refractivity contribution >= 4 is 5.97 Å². The molecular formula is C31H46O7. The number of hydrogen-bond acceptors (Lipinski definition) is 7. The van der Waals surface area contributed by atoms with E-state index in [9.17, 15) is 9.90 Å². The van der Waals surface area contributed by atoms with Crippen molar-refractivity contribution in [2.24, 2.45) is 5.92 Å². The molecule has 4 heterocycles. The minimum absolute atomic E-state index is 0.0248. The first-order chi connectivity index (χ1) is 18.3. The van der Waals surface area contributed by atoms with Gasteiger partial charge in [0.1, 0.15) is 18.3 Å². The fourth-order valence-electron chi connectivity index (χ4n) is 5.89. The molecule has 3 unspecified atom stereocenters. The molecular weight excluding hydrogens is 484 g/mol. The van der Waals surface area contributed by atoms with Gasteiger partial charge in [0, 0.05) is 20.0 Å². The number of carbonyl (C=O) groups excluding carboxylic acids is 1. The molecule has 2 saturated heterocycles. The van der Waals surface area contributed by atoms with Crippen molar-refractivity contribution in [1.29, 1.82) is 0 Å². The molecule has 0 saturated carbocycles. The lowest BCUT2D eigenvalue weighted by molar-refractivity contribution is -0.155. The van der Waals surface area contributed by atoms with Gasteiger partial charge in [0.25, 0.3) is 0 Å². The lowest BCUT2D eigenvalue weighted by Gasteiger charge is -2.29. The van der Waals surface area contributed by atoms with Crippen molar-refractivity contribution in [3.8, 4) is 0 Å². The molecule has 9 atom stereocenters. The zero-order valence-corrected chi connectivity index (χ0v) is 23.3. The van der Waals surface area contributed by atoms with Crippen molar-refractivity contribution < 1.29 is 33.6 Å². The molecule has 4 aliphatic rings. The number of rotatable bonds is 4. The third-order valence-corrected chi connectivity index (χ3v) is 7.95. The highest BCUT2D eigenvalue weighted by molar-refractivity contribution is 5.69. The fourth-order valence-corrected chi connectivity index (χ4v) is 5.89. The van der Waals surface area contributed by atoms with Crippen LogP contribution >= 0.6 is 0 Å². The van der Waals surface area contributed by atoms with Crippen LogP contribution in [0.3, 0.4) is 0 Å². The zero-order chi connectivity index (χ0) is 27.1. The Hall–Kier alpha value is -1.77. The van der Waals surface area contributed by atoms with Gasteiger partial charge in [-0.3, -0.25) is 4.79 Å². The summed E-state index contributed by atoms with van der Waals surface area (Å²) in [5.41, 5.74) is 2.32. The Balaban J connectivity index is 1.44. The Bertz CT molecular complexity index is 893. The Morgan fingerprint density at radius 1 is 1.21 bits per heavy atom. The quantitative estimate of drug-likeness (QED) is 0.312. The van der Waals surface area contributed by atoms with Gasteiger partial charge in [-0.15, -0.1) is 0 Å². The smallest absolute Gasteiger partial charge is 0.306 e. The van der Waals surface area contributed by atoms with Gasteiger partial charge in [-0.05, 0) is 57.8 Å². The lowest BCUT2D eigenvalue weighted by Crippen LogP contribution is -2.34. The fraction of sp³-hybridized carbons (Fsp3) is 0.710. The molecule has 0 radical (unpaired) electrons. The van der Waals surface area contributed by atoms with Crippen molar-refractivity contribution in [3.05, 3.63) is 48.1 Å². The minimum atomic E-state index is -0.630. The highest BCUT2D eigenvalue weighted by Gasteiger charge is 2.47. The zero-order valence-electron chi connectivity index (χ0n) is 23.3. The second-order valence-electron chi connectivity index (χ2n) is 11.5. The van der Waals surface area contributed by atoms with E-state index >= 15 is 0 Å². The molecule has 7 heteroatoms. The van der Waals surface area contributed by atoms with Gasteiger partial charge in [0.15, 0.2) is 0 Å². The molecule has 38 heavy (non-hydrogen) atoms. The van der Waals surface area contributed by atoms with E-state index in [1.165, 1.54) is 5.57 Å². The molecule has 4 rings (SSSR count). The van der Waals surface area contributed by atoms with Crippen LogP contribution in [-0.2, 0) is 28.5 Å². The number of aliphatic hydroxyl groups is 1. The summed E-state index contributed by atoms with van der Waals surface area (Å²) < 4.78 is 29.7. The standard InChI is InChI=1S/C31H46O7/c1-20-13-14-35-24(16-20)11-12-27(34-4)28-19-29-31(38-29)26(32)18-22(3)15-21(2)17-25-9-5-7-23(36-25)8-6-10-30(33)37-28/h5,7,11-13,21,23-29,31-32H,3,6,8-10,14-19H2,1-2,4H3/b12-11+/t21?,23-,24+,25-,26-,27?,28?,29-,31-/m0/s1. The topological polar surface area (TPSA) is 86.8 Å². The van der Waals surface area contributed by atoms with Gasteiger partial charge >= 0.3 is 5.97 Å². The van der Waals surface area contributed by atoms with Gasteiger partial charge in [-0.1, -0.05) is 55.0 Å². The molecule has 2 bridgehead atoms. The van der Waals surface area contributed by atoms with E-state index in [-0.39, 0.29) is 36.5 Å². The van der Waals surface area contributed by atoms with Gasteiger partial charge < -0.3 is 28.8 Å². The summed E-state index contributed by atoms with van der Waals surface area (Å²) >= 11 is 0. The van der Waals surface area contributed by atoms with Crippen LogP contribution in [0.2, 0.25) is 0 Å². The summed E-state index contributed by atoms with van der Waals surface area (Å²) in [7, 11) is 1.62. The van der Waals surface area contributed by atoms with Crippen LogP contribution in [0.15, 0.2) is 48.1 Å². The summed E-state index contributed by atoms with van der Waals surface area (Å²) in [5, 5.41) is 10.8. The van der Waals surface area contributed by atoms with E-state index in [0.717, 1.165) is 37.7 Å². The summed E-state index contributed by atoms with van der Waals surface area (Å²) in [4.78, 5) is 12.9. The molecule has 7 nitrogen and oxygen atoms in total. The van der Waals surface area contributed by atoms with E-state index in [0.29, 0.717) is 38.2 Å². The predicted octanol–water partition coefficient (Wildman–Crippen LogP) is 4.98. The summed E-state index contributed by atoms with van der Waals surface area (Å²) in [5.74, 6) is 0.165. The Labute approximate surface area is 227 Å². The minimum Gasteiger partial charge on any atom is -0.459 e. The van der Waals surface area contributed by atoms with E-state index in [1.807, 2.05) is 12.2 Å². The third-order valence-electron chi connectivity index (χ3n) is 7.95. The van der Waals surface area contributed by atoms with Gasteiger partial charge in [0.2, 0.25) is 0 Å². The second-order valence-corrected chi connectivity index (χ2v) is 11.5. The van der Waals surface area contributed by atoms with Gasteiger partial charge in [-0.2, -0.15) is 0 Å². The van der Waals surface area contributed by atoms with Crippen molar-refractivity contribution in [2.75, 3.05) is 13.7 Å². The molecule has 0 amide bonds. The first-order valence-electron chi connectivity index (χ1n) is 14.3. The Kier molecular flexibility index (Phi) is 10.8. The van der Waals surface area contributed by atoms with Crippen molar-refractivity contribution in [3.63, 3.8) is 0 Å². The Morgan fingerprint density at radius 2 is 2.05 bits per heavy atom. The van der Waals surface area contributed by atoms with Crippen LogP contribution in [0, 0.1) is 5.92 Å². The average molecular weight is 531 g/mol. The first-order valence-corrected chi connectivity index (χ1v) is 14.3. The summed E-state index contributed by atoms with van der Waals surface area (Å²) in [6, 6.07) is 0. The number of cyclic esters (lactones) is 1. The van der Waals surface area contributed by atoms with E-state index in [4.69, 9.17) is 23.7 Å².